The number of hydrogen-bond acceptors (Lipinski definition) is 5. The van der Waals surface area contributed by atoms with Crippen LogP contribution in [0, 0.1) is 5.92 Å². The molecule has 0 aliphatic heterocycles. The zero-order chi connectivity index (χ0) is 12.1. The number of hydrogen-bond donors (Lipinski definition) is 1. The molecule has 1 heterocycles. The van der Waals surface area contributed by atoms with Crippen molar-refractivity contribution < 1.29 is 14.6 Å². The van der Waals surface area contributed by atoms with E-state index < -0.39 is 6.04 Å². The Labute approximate surface area is 94.2 Å². The van der Waals surface area contributed by atoms with Gasteiger partial charge in [-0.2, -0.15) is 0 Å². The Hall–Kier alpha value is -1.43. The van der Waals surface area contributed by atoms with Crippen LogP contribution in [0.25, 0.3) is 0 Å². The highest BCUT2D eigenvalue weighted by molar-refractivity contribution is 5.74. The van der Waals surface area contributed by atoms with Gasteiger partial charge in [0, 0.05) is 0 Å². The van der Waals surface area contributed by atoms with Gasteiger partial charge in [0.15, 0.2) is 5.82 Å². The minimum atomic E-state index is -0.470. The number of aliphatic hydroxyl groups is 1. The summed E-state index contributed by atoms with van der Waals surface area (Å²) in [6.45, 7) is 3.78. The standard InChI is InChI=1S/C10H17N3O3/c1-7(2)4-8(10(15)16-3)13-6-11-12-9(13)5-14/h6-8,14H,4-5H2,1-3H3. The maximum absolute atomic E-state index is 11.6. The molecule has 0 fully saturated rings. The Bertz CT molecular complexity index is 349. The number of methoxy groups -OCH3 is 1. The van der Waals surface area contributed by atoms with Crippen LogP contribution in [0.4, 0.5) is 0 Å². The van der Waals surface area contributed by atoms with Crippen LogP contribution < -0.4 is 0 Å². The van der Waals surface area contributed by atoms with Gasteiger partial charge in [0.2, 0.25) is 0 Å². The Kier molecular flexibility index (Phi) is 4.42. The summed E-state index contributed by atoms with van der Waals surface area (Å²) in [4.78, 5) is 11.6. The zero-order valence-corrected chi connectivity index (χ0v) is 9.75. The normalized spacial score (nSPS) is 12.8. The monoisotopic (exact) mass is 227 g/mol. The molecule has 0 amide bonds. The van der Waals surface area contributed by atoms with Gasteiger partial charge in [-0.05, 0) is 12.3 Å². The number of esters is 1. The SMILES string of the molecule is COC(=O)C(CC(C)C)n1cnnc1CO. The van der Waals surface area contributed by atoms with Crippen LogP contribution in [0.1, 0.15) is 32.1 Å². The molecule has 0 aliphatic rings. The van der Waals surface area contributed by atoms with E-state index in [2.05, 4.69) is 10.2 Å². The molecule has 6 nitrogen and oxygen atoms in total. The van der Waals surface area contributed by atoms with Gasteiger partial charge in [-0.25, -0.2) is 4.79 Å². The summed E-state index contributed by atoms with van der Waals surface area (Å²) in [7, 11) is 1.35. The lowest BCUT2D eigenvalue weighted by molar-refractivity contribution is -0.145. The lowest BCUT2D eigenvalue weighted by atomic mass is 10.0. The van der Waals surface area contributed by atoms with Crippen molar-refractivity contribution in [3.8, 4) is 0 Å². The molecule has 1 aromatic heterocycles. The third-order valence-electron chi connectivity index (χ3n) is 2.29. The predicted octanol–water partition coefficient (Wildman–Crippen LogP) is 0.531. The molecule has 0 aromatic carbocycles. The average Bonchev–Trinajstić information content (AvgIpc) is 2.72. The molecule has 1 rings (SSSR count). The summed E-state index contributed by atoms with van der Waals surface area (Å²) in [5.74, 6) is 0.359. The summed E-state index contributed by atoms with van der Waals surface area (Å²) in [5.41, 5.74) is 0. The van der Waals surface area contributed by atoms with E-state index in [0.29, 0.717) is 18.2 Å². The highest BCUT2D eigenvalue weighted by Crippen LogP contribution is 2.20. The smallest absolute Gasteiger partial charge is 0.328 e. The van der Waals surface area contributed by atoms with Crippen molar-refractivity contribution in [2.24, 2.45) is 5.92 Å². The van der Waals surface area contributed by atoms with Crippen molar-refractivity contribution in [3.63, 3.8) is 0 Å². The van der Waals surface area contributed by atoms with Crippen molar-refractivity contribution >= 4 is 5.97 Å². The molecule has 0 bridgehead atoms. The van der Waals surface area contributed by atoms with Crippen molar-refractivity contribution in [3.05, 3.63) is 12.2 Å². The van der Waals surface area contributed by atoms with E-state index in [-0.39, 0.29) is 12.6 Å². The first-order valence-electron chi connectivity index (χ1n) is 5.17. The summed E-state index contributed by atoms with van der Waals surface area (Å²) >= 11 is 0. The van der Waals surface area contributed by atoms with Crippen LogP contribution in [0.2, 0.25) is 0 Å². The van der Waals surface area contributed by atoms with Crippen LogP contribution >= 0.6 is 0 Å². The second kappa shape index (κ2) is 5.60. The molecule has 0 saturated carbocycles. The second-order valence-corrected chi connectivity index (χ2v) is 3.98. The Morgan fingerprint density at radius 3 is 2.81 bits per heavy atom. The fraction of sp³-hybridized carbons (Fsp3) is 0.700. The first-order chi connectivity index (χ1) is 7.60. The third-order valence-corrected chi connectivity index (χ3v) is 2.29. The molecule has 6 heteroatoms. The van der Waals surface area contributed by atoms with Gasteiger partial charge < -0.3 is 14.4 Å². The molecule has 0 saturated heterocycles. The second-order valence-electron chi connectivity index (χ2n) is 3.98. The van der Waals surface area contributed by atoms with E-state index in [9.17, 15) is 4.79 Å². The summed E-state index contributed by atoms with van der Waals surface area (Å²) in [5, 5.41) is 16.5. The Morgan fingerprint density at radius 2 is 2.31 bits per heavy atom. The van der Waals surface area contributed by atoms with Crippen LogP contribution in [0.15, 0.2) is 6.33 Å². The van der Waals surface area contributed by atoms with E-state index >= 15 is 0 Å². The van der Waals surface area contributed by atoms with Gasteiger partial charge in [0.1, 0.15) is 19.0 Å². The number of ether oxygens (including phenoxy) is 1. The molecule has 1 atom stereocenters. The number of carbonyl (C=O) groups excluding carboxylic acids is 1. The van der Waals surface area contributed by atoms with Crippen LogP contribution in [0.3, 0.4) is 0 Å². The molecule has 0 aliphatic carbocycles. The zero-order valence-electron chi connectivity index (χ0n) is 9.75. The Morgan fingerprint density at radius 1 is 1.62 bits per heavy atom. The van der Waals surface area contributed by atoms with Gasteiger partial charge in [-0.1, -0.05) is 13.8 Å². The third kappa shape index (κ3) is 2.79. The highest BCUT2D eigenvalue weighted by Gasteiger charge is 2.24. The van der Waals surface area contributed by atoms with E-state index in [0.717, 1.165) is 0 Å². The number of carbonyl (C=O) groups is 1. The first kappa shape index (κ1) is 12.6. The highest BCUT2D eigenvalue weighted by atomic mass is 16.5. The number of nitrogens with zero attached hydrogens (tertiary/aromatic N) is 3. The molecular formula is C10H17N3O3. The van der Waals surface area contributed by atoms with E-state index in [1.807, 2.05) is 13.8 Å². The summed E-state index contributed by atoms with van der Waals surface area (Å²) < 4.78 is 6.30. The van der Waals surface area contributed by atoms with E-state index in [4.69, 9.17) is 9.84 Å². The number of aliphatic hydroxyl groups excluding tert-OH is 1. The molecule has 1 N–H and O–H groups in total. The van der Waals surface area contributed by atoms with Crippen LogP contribution in [-0.4, -0.2) is 33.0 Å². The van der Waals surface area contributed by atoms with Crippen molar-refractivity contribution in [1.82, 2.24) is 14.8 Å². The molecule has 1 unspecified atom stereocenters. The van der Waals surface area contributed by atoms with Crippen molar-refractivity contribution in [2.75, 3.05) is 7.11 Å². The molecular weight excluding hydrogens is 210 g/mol. The Balaban J connectivity index is 2.96. The molecule has 0 spiro atoms. The van der Waals surface area contributed by atoms with Crippen LogP contribution in [0.5, 0.6) is 0 Å². The topological polar surface area (TPSA) is 77.2 Å². The lowest BCUT2D eigenvalue weighted by Crippen LogP contribution is -2.23. The summed E-state index contributed by atoms with van der Waals surface area (Å²) in [6, 6.07) is -0.470. The fourth-order valence-corrected chi connectivity index (χ4v) is 1.55. The van der Waals surface area contributed by atoms with Crippen molar-refractivity contribution in [1.29, 1.82) is 0 Å². The molecule has 0 radical (unpaired) electrons. The molecule has 1 aromatic rings. The minimum absolute atomic E-state index is 0.244. The first-order valence-corrected chi connectivity index (χ1v) is 5.17. The maximum atomic E-state index is 11.6. The number of aromatic nitrogens is 3. The van der Waals surface area contributed by atoms with E-state index in [1.165, 1.54) is 13.4 Å². The van der Waals surface area contributed by atoms with Gasteiger partial charge >= 0.3 is 5.97 Å². The maximum Gasteiger partial charge on any atom is 0.328 e. The molecule has 90 valence electrons. The quantitative estimate of drug-likeness (QED) is 0.742. The lowest BCUT2D eigenvalue weighted by Gasteiger charge is -2.18. The fourth-order valence-electron chi connectivity index (χ4n) is 1.55. The van der Waals surface area contributed by atoms with E-state index in [1.54, 1.807) is 4.57 Å². The number of rotatable bonds is 5. The van der Waals surface area contributed by atoms with Gasteiger partial charge in [-0.3, -0.25) is 0 Å². The van der Waals surface area contributed by atoms with Gasteiger partial charge in [0.05, 0.1) is 7.11 Å². The average molecular weight is 227 g/mol. The largest absolute Gasteiger partial charge is 0.467 e. The van der Waals surface area contributed by atoms with Gasteiger partial charge in [0.25, 0.3) is 0 Å². The van der Waals surface area contributed by atoms with Crippen LogP contribution in [-0.2, 0) is 16.1 Å². The van der Waals surface area contributed by atoms with Crippen molar-refractivity contribution in [2.45, 2.75) is 32.9 Å². The predicted molar refractivity (Wildman–Crippen MR) is 56.5 cm³/mol. The van der Waals surface area contributed by atoms with Gasteiger partial charge in [-0.15, -0.1) is 10.2 Å². The molecule has 16 heavy (non-hydrogen) atoms. The minimum Gasteiger partial charge on any atom is -0.467 e. The summed E-state index contributed by atoms with van der Waals surface area (Å²) in [6.07, 6.45) is 2.06.